The number of likely N-dealkylation sites (N-methyl/N-ethyl adjacent to an activating group) is 1. The fourth-order valence-electron chi connectivity index (χ4n) is 1.87. The van der Waals surface area contributed by atoms with Crippen molar-refractivity contribution >= 4 is 0 Å². The molecule has 1 aliphatic heterocycles. The molecule has 1 saturated heterocycles. The normalized spacial score (nSPS) is 19.1. The van der Waals surface area contributed by atoms with Gasteiger partial charge in [0.15, 0.2) is 0 Å². The molecule has 1 rings (SSSR count). The first-order chi connectivity index (χ1) is 6.86. The molecule has 3 heteroatoms. The van der Waals surface area contributed by atoms with Gasteiger partial charge in [-0.05, 0) is 25.9 Å². The Kier molecular flexibility index (Phi) is 6.15. The SMILES string of the molecule is CCN(CC)CCNC1CCOCC1. The van der Waals surface area contributed by atoms with E-state index >= 15 is 0 Å². The number of nitrogens with zero attached hydrogens (tertiary/aromatic N) is 1. The lowest BCUT2D eigenvalue weighted by Gasteiger charge is -2.25. The Morgan fingerprint density at radius 3 is 2.43 bits per heavy atom. The molecule has 84 valence electrons. The van der Waals surface area contributed by atoms with E-state index in [2.05, 4.69) is 24.1 Å². The maximum atomic E-state index is 5.32. The summed E-state index contributed by atoms with van der Waals surface area (Å²) in [4.78, 5) is 2.45. The zero-order valence-electron chi connectivity index (χ0n) is 9.59. The number of nitrogens with one attached hydrogen (secondary N) is 1. The number of hydrogen-bond donors (Lipinski definition) is 1. The molecule has 0 aromatic carbocycles. The van der Waals surface area contributed by atoms with E-state index in [-0.39, 0.29) is 0 Å². The van der Waals surface area contributed by atoms with Gasteiger partial charge >= 0.3 is 0 Å². The molecule has 0 radical (unpaired) electrons. The van der Waals surface area contributed by atoms with Gasteiger partial charge in [0.25, 0.3) is 0 Å². The van der Waals surface area contributed by atoms with Gasteiger partial charge in [0, 0.05) is 32.3 Å². The molecule has 1 aliphatic rings. The monoisotopic (exact) mass is 200 g/mol. The summed E-state index contributed by atoms with van der Waals surface area (Å²) in [6, 6.07) is 0.694. The highest BCUT2D eigenvalue weighted by Gasteiger charge is 2.12. The van der Waals surface area contributed by atoms with E-state index in [0.29, 0.717) is 6.04 Å². The first-order valence-corrected chi connectivity index (χ1v) is 5.90. The topological polar surface area (TPSA) is 24.5 Å². The van der Waals surface area contributed by atoms with Crippen LogP contribution < -0.4 is 5.32 Å². The molecule has 3 nitrogen and oxygen atoms in total. The summed E-state index contributed by atoms with van der Waals surface area (Å²) in [7, 11) is 0. The molecule has 0 atom stereocenters. The molecule has 0 spiro atoms. The average Bonchev–Trinajstić information content (AvgIpc) is 2.26. The molecule has 0 amide bonds. The van der Waals surface area contributed by atoms with Gasteiger partial charge in [0.05, 0.1) is 0 Å². The van der Waals surface area contributed by atoms with E-state index in [9.17, 15) is 0 Å². The molecule has 0 aliphatic carbocycles. The maximum absolute atomic E-state index is 5.32. The van der Waals surface area contributed by atoms with Crippen molar-refractivity contribution in [1.29, 1.82) is 0 Å². The zero-order chi connectivity index (χ0) is 10.2. The second kappa shape index (κ2) is 7.21. The second-order valence-corrected chi connectivity index (χ2v) is 3.87. The average molecular weight is 200 g/mol. The van der Waals surface area contributed by atoms with Crippen LogP contribution in [0.15, 0.2) is 0 Å². The molecule has 1 fully saturated rings. The molecule has 14 heavy (non-hydrogen) atoms. The van der Waals surface area contributed by atoms with Gasteiger partial charge in [0.1, 0.15) is 0 Å². The largest absolute Gasteiger partial charge is 0.381 e. The first kappa shape index (κ1) is 12.0. The smallest absolute Gasteiger partial charge is 0.0480 e. The van der Waals surface area contributed by atoms with Gasteiger partial charge in [-0.2, -0.15) is 0 Å². The van der Waals surface area contributed by atoms with Gasteiger partial charge in [0.2, 0.25) is 0 Å². The van der Waals surface area contributed by atoms with Crippen LogP contribution in [-0.2, 0) is 4.74 Å². The number of rotatable bonds is 6. The molecule has 1 heterocycles. The van der Waals surface area contributed by atoms with Gasteiger partial charge < -0.3 is 15.0 Å². The van der Waals surface area contributed by atoms with Crippen molar-refractivity contribution in [2.24, 2.45) is 0 Å². The van der Waals surface area contributed by atoms with Crippen LogP contribution in [0.25, 0.3) is 0 Å². The van der Waals surface area contributed by atoms with Crippen molar-refractivity contribution in [2.75, 3.05) is 39.4 Å². The van der Waals surface area contributed by atoms with Crippen molar-refractivity contribution < 1.29 is 4.74 Å². The standard InChI is InChI=1S/C11H24N2O/c1-3-13(4-2)8-7-12-11-5-9-14-10-6-11/h11-12H,3-10H2,1-2H3. The summed E-state index contributed by atoms with van der Waals surface area (Å²) >= 11 is 0. The quantitative estimate of drug-likeness (QED) is 0.695. The Labute approximate surface area is 87.8 Å². The van der Waals surface area contributed by atoms with Crippen molar-refractivity contribution in [3.63, 3.8) is 0 Å². The van der Waals surface area contributed by atoms with E-state index in [1.54, 1.807) is 0 Å². The number of ether oxygens (including phenoxy) is 1. The third kappa shape index (κ3) is 4.40. The zero-order valence-corrected chi connectivity index (χ0v) is 9.59. The summed E-state index contributed by atoms with van der Waals surface area (Å²) in [5.41, 5.74) is 0. The Hall–Kier alpha value is -0.120. The first-order valence-electron chi connectivity index (χ1n) is 5.90. The van der Waals surface area contributed by atoms with Crippen LogP contribution in [0.2, 0.25) is 0 Å². The van der Waals surface area contributed by atoms with Crippen molar-refractivity contribution in [3.05, 3.63) is 0 Å². The van der Waals surface area contributed by atoms with E-state index in [1.807, 2.05) is 0 Å². The highest BCUT2D eigenvalue weighted by molar-refractivity contribution is 4.70. The molecule has 0 bridgehead atoms. The predicted octanol–water partition coefficient (Wildman–Crippen LogP) is 1.10. The lowest BCUT2D eigenvalue weighted by molar-refractivity contribution is 0.0773. The van der Waals surface area contributed by atoms with E-state index in [0.717, 1.165) is 32.8 Å². The van der Waals surface area contributed by atoms with Crippen LogP contribution in [0.4, 0.5) is 0 Å². The minimum absolute atomic E-state index is 0.694. The van der Waals surface area contributed by atoms with Crippen LogP contribution in [0, 0.1) is 0 Å². The summed E-state index contributed by atoms with van der Waals surface area (Å²) < 4.78 is 5.32. The Balaban J connectivity index is 2.01. The van der Waals surface area contributed by atoms with Crippen LogP contribution in [0.3, 0.4) is 0 Å². The maximum Gasteiger partial charge on any atom is 0.0480 e. The van der Waals surface area contributed by atoms with Gasteiger partial charge in [-0.15, -0.1) is 0 Å². The van der Waals surface area contributed by atoms with Gasteiger partial charge in [-0.1, -0.05) is 13.8 Å². The molecular formula is C11H24N2O. The van der Waals surface area contributed by atoms with Crippen LogP contribution in [-0.4, -0.2) is 50.3 Å². The third-order valence-corrected chi connectivity index (χ3v) is 2.98. The predicted molar refractivity (Wildman–Crippen MR) is 59.6 cm³/mol. The molecular weight excluding hydrogens is 176 g/mol. The molecule has 0 aromatic heterocycles. The van der Waals surface area contributed by atoms with E-state index in [1.165, 1.54) is 19.4 Å². The van der Waals surface area contributed by atoms with Crippen molar-refractivity contribution in [2.45, 2.75) is 32.7 Å². The summed E-state index contributed by atoms with van der Waals surface area (Å²) in [5, 5.41) is 3.60. The lowest BCUT2D eigenvalue weighted by Crippen LogP contribution is -2.39. The van der Waals surface area contributed by atoms with Crippen LogP contribution >= 0.6 is 0 Å². The Morgan fingerprint density at radius 1 is 1.21 bits per heavy atom. The van der Waals surface area contributed by atoms with Gasteiger partial charge in [-0.3, -0.25) is 0 Å². The Morgan fingerprint density at radius 2 is 1.86 bits per heavy atom. The molecule has 1 N–H and O–H groups in total. The second-order valence-electron chi connectivity index (χ2n) is 3.87. The molecule has 0 aromatic rings. The molecule has 0 unspecified atom stereocenters. The minimum Gasteiger partial charge on any atom is -0.381 e. The fraction of sp³-hybridized carbons (Fsp3) is 1.00. The van der Waals surface area contributed by atoms with E-state index in [4.69, 9.17) is 4.74 Å². The van der Waals surface area contributed by atoms with Crippen LogP contribution in [0.1, 0.15) is 26.7 Å². The summed E-state index contributed by atoms with van der Waals surface area (Å²) in [6.45, 7) is 10.9. The fourth-order valence-corrected chi connectivity index (χ4v) is 1.87. The summed E-state index contributed by atoms with van der Waals surface area (Å²) in [5.74, 6) is 0. The third-order valence-electron chi connectivity index (χ3n) is 2.98. The van der Waals surface area contributed by atoms with Crippen LogP contribution in [0.5, 0.6) is 0 Å². The molecule has 0 saturated carbocycles. The van der Waals surface area contributed by atoms with Gasteiger partial charge in [-0.25, -0.2) is 0 Å². The lowest BCUT2D eigenvalue weighted by atomic mass is 10.1. The van der Waals surface area contributed by atoms with E-state index < -0.39 is 0 Å². The highest BCUT2D eigenvalue weighted by Crippen LogP contribution is 2.05. The van der Waals surface area contributed by atoms with Crippen molar-refractivity contribution in [1.82, 2.24) is 10.2 Å². The number of hydrogen-bond acceptors (Lipinski definition) is 3. The Bertz CT molecular complexity index is 131. The summed E-state index contributed by atoms with van der Waals surface area (Å²) in [6.07, 6.45) is 2.36. The highest BCUT2D eigenvalue weighted by atomic mass is 16.5. The van der Waals surface area contributed by atoms with Crippen molar-refractivity contribution in [3.8, 4) is 0 Å². The minimum atomic E-state index is 0.694.